The maximum absolute atomic E-state index is 12.7. The number of benzene rings is 1. The van der Waals surface area contributed by atoms with Crippen LogP contribution in [-0.4, -0.2) is 30.4 Å². The lowest BCUT2D eigenvalue weighted by molar-refractivity contribution is -0.134. The Bertz CT molecular complexity index is 552. The van der Waals surface area contributed by atoms with Crippen LogP contribution < -0.4 is 16.0 Å². The normalized spacial score (nSPS) is 20.7. The monoisotopic (exact) mass is 353 g/mol. The molecule has 0 bridgehead atoms. The number of halogens is 1. The Morgan fingerprint density at radius 1 is 1.29 bits per heavy atom. The summed E-state index contributed by atoms with van der Waals surface area (Å²) in [5.41, 5.74) is 6.12. The van der Waals surface area contributed by atoms with E-state index in [1.165, 1.54) is 0 Å². The van der Waals surface area contributed by atoms with Crippen LogP contribution in [-0.2, 0) is 9.59 Å². The molecule has 1 aromatic rings. The van der Waals surface area contributed by atoms with Crippen LogP contribution in [0.4, 0.5) is 5.69 Å². The second-order valence-corrected chi connectivity index (χ2v) is 6.35. The van der Waals surface area contributed by atoms with E-state index < -0.39 is 11.5 Å². The minimum absolute atomic E-state index is 0. The van der Waals surface area contributed by atoms with Crippen molar-refractivity contribution >= 4 is 29.9 Å². The number of hydrogen-bond donors (Lipinski definition) is 2. The van der Waals surface area contributed by atoms with Crippen LogP contribution in [0.25, 0.3) is 0 Å². The molecule has 2 amide bonds. The Morgan fingerprint density at radius 3 is 2.38 bits per heavy atom. The van der Waals surface area contributed by atoms with Gasteiger partial charge in [0.1, 0.15) is 6.04 Å². The highest BCUT2D eigenvalue weighted by molar-refractivity contribution is 6.02. The molecule has 134 valence electrons. The maximum atomic E-state index is 12.7. The number of anilines is 1. The van der Waals surface area contributed by atoms with Crippen molar-refractivity contribution in [3.63, 3.8) is 0 Å². The van der Waals surface area contributed by atoms with Crippen LogP contribution in [0.3, 0.4) is 0 Å². The second-order valence-electron chi connectivity index (χ2n) is 6.35. The molecule has 5 nitrogen and oxygen atoms in total. The van der Waals surface area contributed by atoms with Crippen molar-refractivity contribution in [2.45, 2.75) is 52.1 Å². The van der Waals surface area contributed by atoms with E-state index in [4.69, 9.17) is 5.73 Å². The minimum atomic E-state index is -0.580. The molecule has 2 unspecified atom stereocenters. The van der Waals surface area contributed by atoms with Gasteiger partial charge in [-0.3, -0.25) is 9.59 Å². The van der Waals surface area contributed by atoms with E-state index in [1.807, 2.05) is 51.1 Å². The van der Waals surface area contributed by atoms with Crippen molar-refractivity contribution in [3.8, 4) is 0 Å². The third-order valence-electron chi connectivity index (χ3n) is 5.12. The molecule has 1 saturated heterocycles. The predicted octanol–water partition coefficient (Wildman–Crippen LogP) is 2.48. The molecular weight excluding hydrogens is 326 g/mol. The largest absolute Gasteiger partial charge is 0.344 e. The van der Waals surface area contributed by atoms with Gasteiger partial charge in [-0.05, 0) is 38.3 Å². The molecule has 1 aromatic carbocycles. The molecule has 1 heterocycles. The van der Waals surface area contributed by atoms with Crippen molar-refractivity contribution in [3.05, 3.63) is 30.3 Å². The highest BCUT2D eigenvalue weighted by Gasteiger charge is 2.42. The molecule has 0 saturated carbocycles. The topological polar surface area (TPSA) is 75.4 Å². The van der Waals surface area contributed by atoms with E-state index in [-0.39, 0.29) is 30.3 Å². The van der Waals surface area contributed by atoms with E-state index in [9.17, 15) is 9.59 Å². The molecule has 3 N–H and O–H groups in total. The van der Waals surface area contributed by atoms with E-state index >= 15 is 0 Å². The van der Waals surface area contributed by atoms with E-state index in [0.29, 0.717) is 25.8 Å². The molecule has 0 radical (unpaired) electrons. The van der Waals surface area contributed by atoms with E-state index in [0.717, 1.165) is 5.69 Å². The summed E-state index contributed by atoms with van der Waals surface area (Å²) in [7, 11) is 0. The molecular formula is C18H28ClN3O2. The Kier molecular flexibility index (Phi) is 7.24. The van der Waals surface area contributed by atoms with Crippen LogP contribution in [0.1, 0.15) is 40.0 Å². The summed E-state index contributed by atoms with van der Waals surface area (Å²) in [6.45, 7) is 6.23. The lowest BCUT2D eigenvalue weighted by atomic mass is 9.81. The van der Waals surface area contributed by atoms with Gasteiger partial charge in [-0.1, -0.05) is 32.0 Å². The number of amides is 2. The molecule has 0 aromatic heterocycles. The van der Waals surface area contributed by atoms with Crippen LogP contribution in [0.5, 0.6) is 0 Å². The molecule has 1 fully saturated rings. The van der Waals surface area contributed by atoms with Gasteiger partial charge in [-0.2, -0.15) is 0 Å². The van der Waals surface area contributed by atoms with Crippen molar-refractivity contribution in [1.82, 2.24) is 5.32 Å². The molecule has 1 aliphatic heterocycles. The third-order valence-corrected chi connectivity index (χ3v) is 5.12. The fraction of sp³-hybridized carbons (Fsp3) is 0.556. The van der Waals surface area contributed by atoms with Gasteiger partial charge in [0.2, 0.25) is 11.8 Å². The zero-order valence-corrected chi connectivity index (χ0v) is 15.4. The lowest BCUT2D eigenvalue weighted by Gasteiger charge is -2.29. The molecule has 24 heavy (non-hydrogen) atoms. The first kappa shape index (κ1) is 20.5. The Labute approximate surface area is 150 Å². The fourth-order valence-electron chi connectivity index (χ4n) is 3.29. The number of hydrogen-bond acceptors (Lipinski definition) is 3. The first-order valence-corrected chi connectivity index (χ1v) is 8.38. The van der Waals surface area contributed by atoms with Gasteiger partial charge < -0.3 is 16.0 Å². The van der Waals surface area contributed by atoms with Crippen molar-refractivity contribution < 1.29 is 9.59 Å². The van der Waals surface area contributed by atoms with Gasteiger partial charge in [-0.25, -0.2) is 0 Å². The zero-order valence-electron chi connectivity index (χ0n) is 14.6. The quantitative estimate of drug-likeness (QED) is 0.825. The molecule has 2 rings (SSSR count). The number of rotatable bonds is 6. The zero-order chi connectivity index (χ0) is 17.0. The van der Waals surface area contributed by atoms with Gasteiger partial charge in [0.25, 0.3) is 0 Å². The highest BCUT2D eigenvalue weighted by Crippen LogP contribution is 2.29. The summed E-state index contributed by atoms with van der Waals surface area (Å²) in [5.74, 6) is -0.152. The molecule has 2 atom stereocenters. The summed E-state index contributed by atoms with van der Waals surface area (Å²) in [5, 5.41) is 2.94. The first-order chi connectivity index (χ1) is 11.0. The molecule has 0 aliphatic carbocycles. The predicted molar refractivity (Wildman–Crippen MR) is 99.3 cm³/mol. The van der Waals surface area contributed by atoms with Gasteiger partial charge >= 0.3 is 0 Å². The van der Waals surface area contributed by atoms with Crippen LogP contribution in [0, 0.1) is 5.41 Å². The Morgan fingerprint density at radius 2 is 1.88 bits per heavy atom. The van der Waals surface area contributed by atoms with Gasteiger partial charge in [0.15, 0.2) is 0 Å². The van der Waals surface area contributed by atoms with Gasteiger partial charge in [-0.15, -0.1) is 12.4 Å². The lowest BCUT2D eigenvalue weighted by Crippen LogP contribution is -2.51. The van der Waals surface area contributed by atoms with Gasteiger partial charge in [0.05, 0.1) is 5.41 Å². The summed E-state index contributed by atoms with van der Waals surface area (Å²) in [6.07, 6.45) is 1.96. The SMILES string of the molecule is CCC(CC)(CN)C(=O)NC1CC(C)N(c2ccccc2)C1=O.Cl. The highest BCUT2D eigenvalue weighted by atomic mass is 35.5. The Hall–Kier alpha value is -1.59. The molecule has 0 spiro atoms. The third kappa shape index (κ3) is 3.73. The van der Waals surface area contributed by atoms with Crippen molar-refractivity contribution in [1.29, 1.82) is 0 Å². The summed E-state index contributed by atoms with van der Waals surface area (Å²) >= 11 is 0. The summed E-state index contributed by atoms with van der Waals surface area (Å²) < 4.78 is 0. The number of carbonyl (C=O) groups is 2. The smallest absolute Gasteiger partial charge is 0.249 e. The fourth-order valence-corrected chi connectivity index (χ4v) is 3.29. The van der Waals surface area contributed by atoms with Crippen molar-refractivity contribution in [2.75, 3.05) is 11.4 Å². The number of carbonyl (C=O) groups excluding carboxylic acids is 2. The summed E-state index contributed by atoms with van der Waals surface area (Å²) in [6, 6.07) is 9.17. The van der Waals surface area contributed by atoms with Crippen LogP contribution in [0.2, 0.25) is 0 Å². The maximum Gasteiger partial charge on any atom is 0.249 e. The number of para-hydroxylation sites is 1. The Balaban J connectivity index is 0.00000288. The minimum Gasteiger partial charge on any atom is -0.344 e. The van der Waals surface area contributed by atoms with Crippen LogP contribution >= 0.6 is 12.4 Å². The van der Waals surface area contributed by atoms with Crippen LogP contribution in [0.15, 0.2) is 30.3 Å². The van der Waals surface area contributed by atoms with E-state index in [2.05, 4.69) is 5.32 Å². The second kappa shape index (κ2) is 8.49. The standard InChI is InChI=1S/C18H27N3O2.ClH/c1-4-18(5-2,12-19)17(23)20-15-11-13(3)21(16(15)22)14-9-7-6-8-10-14;/h6-10,13,15H,4-5,11-12,19H2,1-3H3,(H,20,23);1H. The molecule has 1 aliphatic rings. The number of nitrogens with two attached hydrogens (primary N) is 1. The van der Waals surface area contributed by atoms with Gasteiger partial charge in [0, 0.05) is 18.3 Å². The summed E-state index contributed by atoms with van der Waals surface area (Å²) in [4.78, 5) is 27.1. The average molecular weight is 354 g/mol. The van der Waals surface area contributed by atoms with E-state index in [1.54, 1.807) is 4.90 Å². The average Bonchev–Trinajstić information content (AvgIpc) is 2.84. The van der Waals surface area contributed by atoms with Crippen molar-refractivity contribution in [2.24, 2.45) is 11.1 Å². The number of nitrogens with one attached hydrogen (secondary N) is 1. The number of nitrogens with zero attached hydrogens (tertiary/aromatic N) is 1. The first-order valence-electron chi connectivity index (χ1n) is 8.38. The molecule has 6 heteroatoms.